The first-order chi connectivity index (χ1) is 32.7. The highest BCUT2D eigenvalue weighted by Gasteiger charge is 2.29. The number of methoxy groups -OCH3 is 1. The van der Waals surface area contributed by atoms with Gasteiger partial charge in [-0.25, -0.2) is 9.78 Å². The Bertz CT molecular complexity index is 2260. The predicted molar refractivity (Wildman–Crippen MR) is 258 cm³/mol. The van der Waals surface area contributed by atoms with Crippen LogP contribution in [0.25, 0.3) is 32.3 Å². The van der Waals surface area contributed by atoms with Crippen LogP contribution in [0.2, 0.25) is 0 Å². The SMILES string of the molecule is COC(=O)C[C@H](NC(=O)[C@@H](NC(=O)CCCN(C(=O)OC(C)(C)C)c1cc(C)ccn1)C(C)C)c1ccc(-c2ccc(OCCOCCOCCOCCOCCN=[N+]=[N-])c3ccccc23)cc1. The standard InChI is InChI=1S/C50H67N7O11/c1-35(2)47(55-45(58)13-10-23-57(49(61)68-50(4,5)6)44-33-36(3)20-21-52-44)48(60)54-42(34-46(59)62-7)38-16-14-37(15-17-38)39-18-19-43(41-12-9-8-11-40(39)41)67-32-31-66-30-29-65-28-27-64-26-25-63-24-22-53-56-51/h8-9,11-12,14-21,33,35,42,47H,10,13,22-32,34H2,1-7H3,(H,54,60)(H,55,58)/t42-,47-/m0/s1. The monoisotopic (exact) mass is 941 g/mol. The summed E-state index contributed by atoms with van der Waals surface area (Å²) >= 11 is 0. The van der Waals surface area contributed by atoms with Crippen molar-refractivity contribution >= 4 is 40.5 Å². The third-order valence-corrected chi connectivity index (χ3v) is 10.3. The normalized spacial score (nSPS) is 12.2. The Morgan fingerprint density at radius 2 is 1.44 bits per heavy atom. The van der Waals surface area contributed by atoms with Crippen molar-refractivity contribution in [2.24, 2.45) is 11.0 Å². The third kappa shape index (κ3) is 18.8. The first kappa shape index (κ1) is 54.3. The molecule has 0 unspecified atom stereocenters. The van der Waals surface area contributed by atoms with Gasteiger partial charge in [0.05, 0.1) is 72.4 Å². The Morgan fingerprint density at radius 1 is 0.809 bits per heavy atom. The minimum Gasteiger partial charge on any atom is -0.491 e. The lowest BCUT2D eigenvalue weighted by Gasteiger charge is -2.27. The molecule has 0 bridgehead atoms. The van der Waals surface area contributed by atoms with Gasteiger partial charge in [-0.3, -0.25) is 19.3 Å². The molecule has 368 valence electrons. The molecule has 1 heterocycles. The first-order valence-electron chi connectivity index (χ1n) is 22.9. The van der Waals surface area contributed by atoms with Crippen LogP contribution < -0.4 is 20.3 Å². The van der Waals surface area contributed by atoms with Crippen LogP contribution in [0.4, 0.5) is 10.6 Å². The summed E-state index contributed by atoms with van der Waals surface area (Å²) in [6, 6.07) is 21.4. The largest absolute Gasteiger partial charge is 0.491 e. The number of rotatable bonds is 29. The number of carbonyl (C=O) groups is 4. The van der Waals surface area contributed by atoms with Gasteiger partial charge in [0.15, 0.2) is 0 Å². The molecule has 0 aliphatic heterocycles. The van der Waals surface area contributed by atoms with Crippen LogP contribution >= 0.6 is 0 Å². The second-order valence-corrected chi connectivity index (χ2v) is 17.1. The highest BCUT2D eigenvalue weighted by atomic mass is 16.6. The number of fused-ring (bicyclic) bond motifs is 1. The fraction of sp³-hybridized carbons (Fsp3) is 0.500. The average molecular weight is 942 g/mol. The molecule has 0 saturated heterocycles. The van der Waals surface area contributed by atoms with E-state index in [0.29, 0.717) is 77.4 Å². The molecule has 0 fully saturated rings. The number of aromatic nitrogens is 1. The molecule has 4 aromatic rings. The van der Waals surface area contributed by atoms with E-state index < -0.39 is 35.7 Å². The molecule has 4 rings (SSSR count). The first-order valence-corrected chi connectivity index (χ1v) is 22.9. The van der Waals surface area contributed by atoms with E-state index in [1.54, 1.807) is 33.0 Å². The second-order valence-electron chi connectivity index (χ2n) is 17.1. The number of carbonyl (C=O) groups excluding carboxylic acids is 4. The summed E-state index contributed by atoms with van der Waals surface area (Å²) in [6.45, 7) is 15.0. The van der Waals surface area contributed by atoms with Crippen LogP contribution in [0.5, 0.6) is 5.75 Å². The molecule has 2 atom stereocenters. The van der Waals surface area contributed by atoms with E-state index in [0.717, 1.165) is 33.2 Å². The van der Waals surface area contributed by atoms with E-state index in [-0.39, 0.29) is 37.6 Å². The molecule has 0 radical (unpaired) electrons. The van der Waals surface area contributed by atoms with Crippen LogP contribution in [0.15, 0.2) is 84.1 Å². The maximum absolute atomic E-state index is 13.9. The smallest absolute Gasteiger partial charge is 0.416 e. The summed E-state index contributed by atoms with van der Waals surface area (Å²) < 4.78 is 38.7. The topological polar surface area (TPSA) is 222 Å². The Labute approximate surface area is 398 Å². The van der Waals surface area contributed by atoms with Crippen molar-refractivity contribution < 1.29 is 52.3 Å². The Hall–Kier alpha value is -6.30. The molecule has 2 N–H and O–H groups in total. The molecular weight excluding hydrogens is 875 g/mol. The number of aryl methyl sites for hydroxylation is 1. The number of nitrogens with one attached hydrogen (secondary N) is 2. The number of hydrogen-bond donors (Lipinski definition) is 2. The lowest BCUT2D eigenvalue weighted by molar-refractivity contribution is -0.141. The molecule has 0 aliphatic rings. The van der Waals surface area contributed by atoms with E-state index in [1.807, 2.05) is 87.5 Å². The zero-order valence-corrected chi connectivity index (χ0v) is 40.4. The lowest BCUT2D eigenvalue weighted by Crippen LogP contribution is -2.50. The van der Waals surface area contributed by atoms with E-state index in [4.69, 9.17) is 38.7 Å². The van der Waals surface area contributed by atoms with Crippen molar-refractivity contribution in [3.8, 4) is 16.9 Å². The van der Waals surface area contributed by atoms with Gasteiger partial charge in [0.2, 0.25) is 11.8 Å². The molecule has 1 aromatic heterocycles. The molecule has 0 spiro atoms. The highest BCUT2D eigenvalue weighted by molar-refractivity contribution is 6.00. The van der Waals surface area contributed by atoms with Crippen molar-refractivity contribution in [3.63, 3.8) is 0 Å². The molecule has 0 aliphatic carbocycles. The van der Waals surface area contributed by atoms with Crippen LogP contribution in [0.1, 0.15) is 71.0 Å². The summed E-state index contributed by atoms with van der Waals surface area (Å²) in [6.07, 6.45) is 1.22. The Morgan fingerprint density at radius 3 is 2.04 bits per heavy atom. The van der Waals surface area contributed by atoms with E-state index in [9.17, 15) is 19.2 Å². The number of nitrogens with zero attached hydrogens (tertiary/aromatic N) is 5. The summed E-state index contributed by atoms with van der Waals surface area (Å²) in [5.74, 6) is -0.490. The van der Waals surface area contributed by atoms with Crippen LogP contribution in [0.3, 0.4) is 0 Å². The van der Waals surface area contributed by atoms with Crippen LogP contribution in [0, 0.1) is 12.8 Å². The van der Waals surface area contributed by atoms with Gasteiger partial charge in [-0.1, -0.05) is 73.6 Å². The van der Waals surface area contributed by atoms with Gasteiger partial charge in [0.25, 0.3) is 0 Å². The zero-order chi connectivity index (χ0) is 49.3. The molecule has 0 saturated carbocycles. The number of amides is 3. The summed E-state index contributed by atoms with van der Waals surface area (Å²) in [4.78, 5) is 61.4. The summed E-state index contributed by atoms with van der Waals surface area (Å²) in [5.41, 5.74) is 11.0. The fourth-order valence-corrected chi connectivity index (χ4v) is 6.89. The molecule has 68 heavy (non-hydrogen) atoms. The molecular formula is C50H67N7O11. The molecule has 18 heteroatoms. The van der Waals surface area contributed by atoms with E-state index in [2.05, 4.69) is 25.6 Å². The van der Waals surface area contributed by atoms with Gasteiger partial charge < -0.3 is 43.8 Å². The van der Waals surface area contributed by atoms with Gasteiger partial charge in [0, 0.05) is 36.0 Å². The third-order valence-electron chi connectivity index (χ3n) is 10.3. The fourth-order valence-electron chi connectivity index (χ4n) is 6.89. The summed E-state index contributed by atoms with van der Waals surface area (Å²) in [7, 11) is 1.29. The van der Waals surface area contributed by atoms with Crippen molar-refractivity contribution in [2.45, 2.75) is 78.5 Å². The average Bonchev–Trinajstić information content (AvgIpc) is 3.31. The number of benzene rings is 3. The van der Waals surface area contributed by atoms with E-state index in [1.165, 1.54) is 12.0 Å². The van der Waals surface area contributed by atoms with Gasteiger partial charge in [-0.15, -0.1) is 0 Å². The maximum atomic E-state index is 13.9. The lowest BCUT2D eigenvalue weighted by atomic mass is 9.94. The molecule has 3 amide bonds. The number of anilines is 1. The minimum absolute atomic E-state index is 0.0295. The van der Waals surface area contributed by atoms with Crippen molar-refractivity contribution in [3.05, 3.63) is 101 Å². The molecule has 3 aromatic carbocycles. The molecule has 18 nitrogen and oxygen atoms in total. The van der Waals surface area contributed by atoms with Crippen molar-refractivity contribution in [1.82, 2.24) is 15.6 Å². The number of azide groups is 1. The van der Waals surface area contributed by atoms with Crippen molar-refractivity contribution in [1.29, 1.82) is 0 Å². The number of ether oxygens (including phenoxy) is 7. The Balaban J connectivity index is 1.32. The van der Waals surface area contributed by atoms with Gasteiger partial charge >= 0.3 is 12.1 Å². The van der Waals surface area contributed by atoms with Crippen LogP contribution in [-0.4, -0.2) is 120 Å². The van der Waals surface area contributed by atoms with Gasteiger partial charge in [-0.05, 0) is 91.4 Å². The number of esters is 1. The zero-order valence-electron chi connectivity index (χ0n) is 40.4. The number of hydrogen-bond acceptors (Lipinski definition) is 13. The second kappa shape index (κ2) is 28.8. The van der Waals surface area contributed by atoms with E-state index >= 15 is 0 Å². The van der Waals surface area contributed by atoms with Gasteiger partial charge in [-0.2, -0.15) is 0 Å². The van der Waals surface area contributed by atoms with Crippen LogP contribution in [-0.2, 0) is 42.8 Å². The van der Waals surface area contributed by atoms with Gasteiger partial charge in [0.1, 0.15) is 29.8 Å². The summed E-state index contributed by atoms with van der Waals surface area (Å²) in [5, 5.41) is 11.2. The number of pyridine rings is 1. The minimum atomic E-state index is -0.910. The highest BCUT2D eigenvalue weighted by Crippen LogP contribution is 2.35. The Kier molecular flexibility index (Phi) is 23.0. The van der Waals surface area contributed by atoms with Crippen molar-refractivity contribution in [2.75, 3.05) is 84.6 Å². The quantitative estimate of drug-likeness (QED) is 0.0174. The maximum Gasteiger partial charge on any atom is 0.416 e. The predicted octanol–water partition coefficient (Wildman–Crippen LogP) is 8.05.